The van der Waals surface area contributed by atoms with Gasteiger partial charge < -0.3 is 25.0 Å². The van der Waals surface area contributed by atoms with Crippen molar-refractivity contribution in [3.63, 3.8) is 0 Å². The first-order chi connectivity index (χ1) is 12.1. The molecule has 0 radical (unpaired) electrons. The van der Waals surface area contributed by atoms with Crippen LogP contribution in [-0.2, 0) is 14.3 Å². The van der Waals surface area contributed by atoms with Gasteiger partial charge in [0.05, 0.1) is 19.8 Å². The average Bonchev–Trinajstić information content (AvgIpc) is 3.13. The molecule has 0 aliphatic carbocycles. The van der Waals surface area contributed by atoms with Crippen molar-refractivity contribution in [2.75, 3.05) is 45.2 Å². The molecule has 2 rings (SSSR count). The van der Waals surface area contributed by atoms with Gasteiger partial charge in [-0.05, 0) is 44.0 Å². The maximum Gasteiger partial charge on any atom is 0.279 e. The first-order valence-corrected chi connectivity index (χ1v) is 8.76. The Hall–Kier alpha value is -2.12. The fraction of sp³-hybridized carbons (Fsp3) is 0.556. The molecule has 25 heavy (non-hydrogen) atoms. The van der Waals surface area contributed by atoms with E-state index in [2.05, 4.69) is 10.6 Å². The number of likely N-dealkylation sites (N-methyl/N-ethyl adjacent to an activating group) is 1. The van der Waals surface area contributed by atoms with Gasteiger partial charge in [-0.15, -0.1) is 0 Å². The van der Waals surface area contributed by atoms with E-state index in [0.29, 0.717) is 18.8 Å². The Bertz CT molecular complexity index is 556. The molecule has 1 unspecified atom stereocenters. The van der Waals surface area contributed by atoms with Gasteiger partial charge >= 0.3 is 0 Å². The maximum atomic E-state index is 12.2. The van der Waals surface area contributed by atoms with Gasteiger partial charge in [0, 0.05) is 18.8 Å². The van der Waals surface area contributed by atoms with E-state index in [1.165, 1.54) is 0 Å². The summed E-state index contributed by atoms with van der Waals surface area (Å²) in [5.74, 6) is 0.570. The van der Waals surface area contributed by atoms with Crippen LogP contribution in [0, 0.1) is 0 Å². The molecule has 1 saturated heterocycles. The molecule has 138 valence electrons. The number of ether oxygens (including phenoxy) is 2. The zero-order valence-electron chi connectivity index (χ0n) is 15.0. The van der Waals surface area contributed by atoms with Gasteiger partial charge in [0.1, 0.15) is 5.75 Å². The number of carbonyl (C=O) groups excluding carboxylic acids is 2. The zero-order chi connectivity index (χ0) is 18.1. The number of benzene rings is 1. The van der Waals surface area contributed by atoms with E-state index in [4.69, 9.17) is 9.47 Å². The summed E-state index contributed by atoms with van der Waals surface area (Å²) < 4.78 is 10.6. The molecule has 3 N–H and O–H groups in total. The number of anilines is 1. The predicted octanol–water partition coefficient (Wildman–Crippen LogP) is -0.166. The van der Waals surface area contributed by atoms with Crippen LogP contribution in [0.4, 0.5) is 5.69 Å². The zero-order valence-corrected chi connectivity index (χ0v) is 15.0. The molecular weight excluding hydrogens is 322 g/mol. The average molecular weight is 350 g/mol. The van der Waals surface area contributed by atoms with E-state index < -0.39 is 0 Å². The van der Waals surface area contributed by atoms with E-state index in [-0.39, 0.29) is 31.0 Å². The van der Waals surface area contributed by atoms with Gasteiger partial charge in [0.2, 0.25) is 0 Å². The summed E-state index contributed by atoms with van der Waals surface area (Å²) in [7, 11) is 1.60. The second-order valence-electron chi connectivity index (χ2n) is 6.17. The largest absolute Gasteiger partial charge is 0.497 e. The summed E-state index contributed by atoms with van der Waals surface area (Å²) in [5, 5.41) is 5.74. The van der Waals surface area contributed by atoms with Crippen LogP contribution < -0.4 is 20.3 Å². The van der Waals surface area contributed by atoms with Gasteiger partial charge in [-0.3, -0.25) is 9.59 Å². The van der Waals surface area contributed by atoms with E-state index in [9.17, 15) is 9.59 Å². The normalized spacial score (nSPS) is 17.8. The van der Waals surface area contributed by atoms with E-state index in [1.54, 1.807) is 31.4 Å². The van der Waals surface area contributed by atoms with Crippen molar-refractivity contribution >= 4 is 17.5 Å². The Labute approximate surface area is 148 Å². The molecule has 1 fully saturated rings. The van der Waals surface area contributed by atoms with Crippen molar-refractivity contribution in [3.05, 3.63) is 24.3 Å². The lowest BCUT2D eigenvalue weighted by Gasteiger charge is -2.18. The van der Waals surface area contributed by atoms with Crippen LogP contribution in [0.15, 0.2) is 24.3 Å². The number of methoxy groups -OCH3 is 1. The number of rotatable bonds is 9. The maximum absolute atomic E-state index is 12.2. The fourth-order valence-corrected chi connectivity index (χ4v) is 2.74. The topological polar surface area (TPSA) is 81.1 Å². The molecule has 7 nitrogen and oxygen atoms in total. The number of nitrogens with one attached hydrogen (secondary N) is 3. The van der Waals surface area contributed by atoms with Crippen LogP contribution in [0.1, 0.15) is 19.8 Å². The minimum Gasteiger partial charge on any atom is -0.497 e. The molecule has 7 heteroatoms. The van der Waals surface area contributed by atoms with Crippen molar-refractivity contribution in [1.29, 1.82) is 0 Å². The number of hydrogen-bond acceptors (Lipinski definition) is 4. The Kier molecular flexibility index (Phi) is 7.69. The number of carbonyl (C=O) groups is 2. The van der Waals surface area contributed by atoms with E-state index in [1.807, 2.05) is 6.92 Å². The molecule has 2 amide bonds. The van der Waals surface area contributed by atoms with Crippen LogP contribution in [0.5, 0.6) is 5.75 Å². The SMILES string of the molecule is CC[NH+](CC(=O)NC[C@@H]1CCCO1)CC(=O)Nc1ccc(OC)cc1. The van der Waals surface area contributed by atoms with E-state index in [0.717, 1.165) is 30.1 Å². The first kappa shape index (κ1) is 19.2. The molecule has 1 aliphatic rings. The van der Waals surface area contributed by atoms with Crippen molar-refractivity contribution in [1.82, 2.24) is 5.32 Å². The third-order valence-corrected chi connectivity index (χ3v) is 4.25. The van der Waals surface area contributed by atoms with Gasteiger partial charge in [-0.25, -0.2) is 0 Å². The highest BCUT2D eigenvalue weighted by Crippen LogP contribution is 2.14. The van der Waals surface area contributed by atoms with Crippen LogP contribution in [0.25, 0.3) is 0 Å². The molecule has 1 heterocycles. The fourth-order valence-electron chi connectivity index (χ4n) is 2.74. The van der Waals surface area contributed by atoms with Crippen molar-refractivity contribution in [3.8, 4) is 5.75 Å². The molecule has 1 aromatic carbocycles. The Morgan fingerprint density at radius 2 is 1.96 bits per heavy atom. The van der Waals surface area contributed by atoms with Crippen molar-refractivity contribution in [2.45, 2.75) is 25.9 Å². The molecule has 2 atom stereocenters. The summed E-state index contributed by atoms with van der Waals surface area (Å²) in [4.78, 5) is 25.1. The third kappa shape index (κ3) is 6.72. The summed E-state index contributed by atoms with van der Waals surface area (Å²) in [6.07, 6.45) is 2.18. The smallest absolute Gasteiger partial charge is 0.279 e. The van der Waals surface area contributed by atoms with Gasteiger partial charge in [-0.2, -0.15) is 0 Å². The van der Waals surface area contributed by atoms with Crippen molar-refractivity contribution < 1.29 is 24.0 Å². The van der Waals surface area contributed by atoms with Gasteiger partial charge in [0.15, 0.2) is 13.1 Å². The van der Waals surface area contributed by atoms with Crippen molar-refractivity contribution in [2.24, 2.45) is 0 Å². The standard InChI is InChI=1S/C18H27N3O4/c1-3-21(12-17(22)19-11-16-5-4-10-25-16)13-18(23)20-14-6-8-15(24-2)9-7-14/h6-9,16H,3-5,10-13H2,1-2H3,(H,19,22)(H,20,23)/p+1/t16-/m0/s1. The minimum atomic E-state index is -0.117. The quantitative estimate of drug-likeness (QED) is 0.578. The minimum absolute atomic E-state index is 0.0513. The summed E-state index contributed by atoms with van der Waals surface area (Å²) in [5.41, 5.74) is 0.712. The lowest BCUT2D eigenvalue weighted by atomic mass is 10.2. The lowest BCUT2D eigenvalue weighted by Crippen LogP contribution is -3.14. The lowest BCUT2D eigenvalue weighted by molar-refractivity contribution is -0.881. The first-order valence-electron chi connectivity index (χ1n) is 8.76. The van der Waals surface area contributed by atoms with Crippen LogP contribution in [0.2, 0.25) is 0 Å². The molecule has 0 saturated carbocycles. The predicted molar refractivity (Wildman–Crippen MR) is 94.8 cm³/mol. The Balaban J connectivity index is 1.73. The molecule has 0 bridgehead atoms. The second kappa shape index (κ2) is 10.0. The Morgan fingerprint density at radius 1 is 1.24 bits per heavy atom. The number of quaternary nitrogens is 1. The molecule has 1 aliphatic heterocycles. The van der Waals surface area contributed by atoms with Crippen LogP contribution in [-0.4, -0.2) is 57.8 Å². The molecule has 0 spiro atoms. The summed E-state index contributed by atoms with van der Waals surface area (Å²) in [6, 6.07) is 7.16. The third-order valence-electron chi connectivity index (χ3n) is 4.25. The highest BCUT2D eigenvalue weighted by Gasteiger charge is 2.19. The molecular formula is C18H28N3O4+. The second-order valence-corrected chi connectivity index (χ2v) is 6.17. The van der Waals surface area contributed by atoms with Gasteiger partial charge in [0.25, 0.3) is 11.8 Å². The van der Waals surface area contributed by atoms with E-state index >= 15 is 0 Å². The highest BCUT2D eigenvalue weighted by molar-refractivity contribution is 5.91. The number of hydrogen-bond donors (Lipinski definition) is 3. The summed E-state index contributed by atoms with van der Waals surface area (Å²) in [6.45, 7) is 4.51. The highest BCUT2D eigenvalue weighted by atomic mass is 16.5. The Morgan fingerprint density at radius 3 is 2.56 bits per heavy atom. The number of amides is 2. The molecule has 0 aromatic heterocycles. The monoisotopic (exact) mass is 350 g/mol. The van der Waals surface area contributed by atoms with Crippen LogP contribution >= 0.6 is 0 Å². The molecule has 1 aromatic rings. The summed E-state index contributed by atoms with van der Waals surface area (Å²) >= 11 is 0. The van der Waals surface area contributed by atoms with Gasteiger partial charge in [-0.1, -0.05) is 0 Å². The van der Waals surface area contributed by atoms with Crippen LogP contribution in [0.3, 0.4) is 0 Å².